The highest BCUT2D eigenvalue weighted by atomic mass is 19.1. The lowest BCUT2D eigenvalue weighted by atomic mass is 9.86. The largest absolute Gasteiger partial charge is 0.481 e. The Morgan fingerprint density at radius 2 is 1.82 bits per heavy atom. The average Bonchev–Trinajstić information content (AvgIpc) is 3.05. The highest BCUT2D eigenvalue weighted by Crippen LogP contribution is 2.42. The molecular formula is C31H32FNO6. The number of aliphatic hydroxyl groups excluding tert-OH is 2. The van der Waals surface area contributed by atoms with Crippen LogP contribution in [0.4, 0.5) is 4.39 Å². The van der Waals surface area contributed by atoms with Gasteiger partial charge in [0.05, 0.1) is 35.6 Å². The number of hydrogen-bond donors (Lipinski definition) is 4. The number of rotatable bonds is 9. The zero-order valence-corrected chi connectivity index (χ0v) is 21.9. The monoisotopic (exact) mass is 533 g/mol. The summed E-state index contributed by atoms with van der Waals surface area (Å²) < 4.78 is 14.4. The fraction of sp³-hybridized carbons (Fsp3) is 0.323. The van der Waals surface area contributed by atoms with Crippen molar-refractivity contribution in [3.8, 4) is 22.4 Å². The summed E-state index contributed by atoms with van der Waals surface area (Å²) >= 11 is 0. The van der Waals surface area contributed by atoms with Crippen LogP contribution in [0, 0.1) is 5.82 Å². The van der Waals surface area contributed by atoms with E-state index in [4.69, 9.17) is 10.1 Å². The molecule has 0 spiro atoms. The third-order valence-corrected chi connectivity index (χ3v) is 6.95. The molecule has 8 heteroatoms. The molecule has 39 heavy (non-hydrogen) atoms. The summed E-state index contributed by atoms with van der Waals surface area (Å²) in [4.78, 5) is 27.8. The van der Waals surface area contributed by atoms with Crippen molar-refractivity contribution in [2.24, 2.45) is 0 Å². The summed E-state index contributed by atoms with van der Waals surface area (Å²) in [7, 11) is 0. The van der Waals surface area contributed by atoms with Crippen LogP contribution < -0.4 is 0 Å². The molecule has 1 aromatic heterocycles. The first kappa shape index (κ1) is 28.1. The van der Waals surface area contributed by atoms with Gasteiger partial charge in [-0.2, -0.15) is 0 Å². The molecule has 7 nitrogen and oxygen atoms in total. The molecule has 0 aliphatic heterocycles. The van der Waals surface area contributed by atoms with Crippen molar-refractivity contribution in [2.75, 3.05) is 0 Å². The van der Waals surface area contributed by atoms with Gasteiger partial charge in [-0.05, 0) is 59.6 Å². The van der Waals surface area contributed by atoms with Crippen molar-refractivity contribution in [3.63, 3.8) is 0 Å². The normalized spacial score (nSPS) is 14.5. The van der Waals surface area contributed by atoms with Crippen molar-refractivity contribution >= 4 is 18.0 Å². The molecule has 204 valence electrons. The van der Waals surface area contributed by atoms with Gasteiger partial charge >= 0.3 is 11.9 Å². The molecule has 0 amide bonds. The predicted molar refractivity (Wildman–Crippen MR) is 146 cm³/mol. The lowest BCUT2D eigenvalue weighted by Crippen LogP contribution is -2.19. The Hall–Kier alpha value is -3.88. The predicted octanol–water partition coefficient (Wildman–Crippen LogP) is 5.46. The first-order valence-corrected chi connectivity index (χ1v) is 13.0. The molecule has 0 unspecified atom stereocenters. The van der Waals surface area contributed by atoms with Gasteiger partial charge in [0.15, 0.2) is 0 Å². The van der Waals surface area contributed by atoms with E-state index in [1.165, 1.54) is 17.7 Å². The summed E-state index contributed by atoms with van der Waals surface area (Å²) in [6, 6.07) is 12.1. The molecule has 4 rings (SSSR count). The fourth-order valence-electron chi connectivity index (χ4n) is 5.18. The van der Waals surface area contributed by atoms with Crippen LogP contribution in [0.5, 0.6) is 0 Å². The Morgan fingerprint density at radius 3 is 2.51 bits per heavy atom. The van der Waals surface area contributed by atoms with Crippen LogP contribution in [0.1, 0.15) is 71.8 Å². The van der Waals surface area contributed by atoms with Crippen molar-refractivity contribution in [1.29, 1.82) is 0 Å². The number of aliphatic hydroxyl groups is 2. The molecule has 0 fully saturated rings. The number of aliphatic carboxylic acids is 1. The van der Waals surface area contributed by atoms with Gasteiger partial charge in [-0.25, -0.2) is 9.18 Å². The van der Waals surface area contributed by atoms with Gasteiger partial charge in [0.25, 0.3) is 0 Å². The minimum Gasteiger partial charge on any atom is -0.481 e. The maximum atomic E-state index is 14.4. The second-order valence-electron chi connectivity index (χ2n) is 10.2. The standard InChI is InChI=1S/C31H32FNO6/c1-17(2)29-24(12-11-20(34)15-21(35)16-27(36)37)28(19-10-13-26(32)25(14-19)31(38)39)23-9-5-7-18-6-3-4-8-22(18)30(23)33-29/h3-4,6,8,10-14,17,20-21,34-35H,5,7,9,15-16H2,1-2H3,(H,36,37)(H,38,39)/t20-,21-/m1/s1. The maximum absolute atomic E-state index is 14.4. The van der Waals surface area contributed by atoms with E-state index in [1.807, 2.05) is 32.0 Å². The molecule has 1 heterocycles. The number of hydrogen-bond acceptors (Lipinski definition) is 5. The van der Waals surface area contributed by atoms with Gasteiger partial charge in [-0.1, -0.05) is 56.3 Å². The number of aromatic carboxylic acids is 1. The third-order valence-electron chi connectivity index (χ3n) is 6.95. The molecule has 4 N–H and O–H groups in total. The second kappa shape index (κ2) is 11.9. The van der Waals surface area contributed by atoms with Crippen LogP contribution in [0.3, 0.4) is 0 Å². The summed E-state index contributed by atoms with van der Waals surface area (Å²) in [5, 5.41) is 39.1. The lowest BCUT2D eigenvalue weighted by Gasteiger charge is -2.22. The molecule has 0 saturated carbocycles. The van der Waals surface area contributed by atoms with E-state index >= 15 is 0 Å². The smallest absolute Gasteiger partial charge is 0.338 e. The quantitative estimate of drug-likeness (QED) is 0.287. The summed E-state index contributed by atoms with van der Waals surface area (Å²) in [5.74, 6) is -3.42. The number of fused-ring (bicyclic) bond motifs is 3. The Kier molecular flexibility index (Phi) is 8.57. The average molecular weight is 534 g/mol. The van der Waals surface area contributed by atoms with Gasteiger partial charge in [0.1, 0.15) is 5.82 Å². The molecule has 2 atom stereocenters. The van der Waals surface area contributed by atoms with E-state index in [0.717, 1.165) is 47.0 Å². The number of nitrogens with zero attached hydrogens (tertiary/aromatic N) is 1. The number of pyridine rings is 1. The minimum atomic E-state index is -1.37. The lowest BCUT2D eigenvalue weighted by molar-refractivity contribution is -0.139. The number of carboxylic acid groups (broad SMARTS) is 2. The van der Waals surface area contributed by atoms with Crippen molar-refractivity contribution in [2.45, 2.75) is 64.1 Å². The number of halogens is 1. The van der Waals surface area contributed by atoms with Gasteiger partial charge in [0, 0.05) is 17.5 Å². The summed E-state index contributed by atoms with van der Waals surface area (Å²) in [6.45, 7) is 3.97. The minimum absolute atomic E-state index is 0.0572. The van der Waals surface area contributed by atoms with Crippen LogP contribution in [0.15, 0.2) is 48.5 Å². The molecule has 0 bridgehead atoms. The van der Waals surface area contributed by atoms with E-state index < -0.39 is 41.9 Å². The van der Waals surface area contributed by atoms with Crippen LogP contribution in [-0.4, -0.2) is 49.6 Å². The second-order valence-corrected chi connectivity index (χ2v) is 10.2. The Labute approximate surface area is 226 Å². The van der Waals surface area contributed by atoms with E-state index in [0.29, 0.717) is 17.5 Å². The van der Waals surface area contributed by atoms with E-state index in [1.54, 1.807) is 12.1 Å². The van der Waals surface area contributed by atoms with E-state index in [-0.39, 0.29) is 12.3 Å². The summed E-state index contributed by atoms with van der Waals surface area (Å²) in [5.41, 5.74) is 6.07. The first-order valence-electron chi connectivity index (χ1n) is 13.0. The van der Waals surface area contributed by atoms with Crippen molar-refractivity contribution < 1.29 is 34.4 Å². The number of benzene rings is 2. The Bertz CT molecular complexity index is 1430. The maximum Gasteiger partial charge on any atom is 0.338 e. The highest BCUT2D eigenvalue weighted by molar-refractivity contribution is 5.92. The topological polar surface area (TPSA) is 128 Å². The van der Waals surface area contributed by atoms with Gasteiger partial charge in [-0.3, -0.25) is 9.78 Å². The highest BCUT2D eigenvalue weighted by Gasteiger charge is 2.26. The van der Waals surface area contributed by atoms with E-state index in [9.17, 15) is 29.3 Å². The molecule has 1 aliphatic carbocycles. The van der Waals surface area contributed by atoms with Crippen LogP contribution in [0.2, 0.25) is 0 Å². The van der Waals surface area contributed by atoms with Crippen LogP contribution in [0.25, 0.3) is 28.5 Å². The molecule has 2 aromatic carbocycles. The Morgan fingerprint density at radius 1 is 1.08 bits per heavy atom. The third kappa shape index (κ3) is 6.24. The van der Waals surface area contributed by atoms with Crippen molar-refractivity contribution in [1.82, 2.24) is 4.98 Å². The first-order chi connectivity index (χ1) is 18.6. The molecule has 3 aromatic rings. The van der Waals surface area contributed by atoms with Gasteiger partial charge < -0.3 is 20.4 Å². The summed E-state index contributed by atoms with van der Waals surface area (Å²) in [6.07, 6.45) is 2.51. The zero-order chi connectivity index (χ0) is 28.3. The molecule has 1 aliphatic rings. The van der Waals surface area contributed by atoms with Gasteiger partial charge in [0.2, 0.25) is 0 Å². The van der Waals surface area contributed by atoms with E-state index in [2.05, 4.69) is 6.07 Å². The fourth-order valence-corrected chi connectivity index (χ4v) is 5.18. The molecule has 0 saturated heterocycles. The number of carboxylic acids is 2. The molecular weight excluding hydrogens is 501 g/mol. The van der Waals surface area contributed by atoms with Crippen molar-refractivity contribution in [3.05, 3.63) is 82.3 Å². The van der Waals surface area contributed by atoms with Gasteiger partial charge in [-0.15, -0.1) is 0 Å². The number of aryl methyl sites for hydroxylation is 1. The van der Waals surface area contributed by atoms with Crippen LogP contribution in [-0.2, 0) is 17.6 Å². The SMILES string of the molecule is CC(C)c1nc2c(c(-c3ccc(F)c(C(=O)O)c3)c1C=C[C@@H](O)C[C@@H](O)CC(=O)O)CCCc1ccccc1-2. The zero-order valence-electron chi connectivity index (χ0n) is 21.9. The Balaban J connectivity index is 1.96. The molecule has 0 radical (unpaired) electrons. The number of aromatic nitrogens is 1. The van der Waals surface area contributed by atoms with Crippen LogP contribution >= 0.6 is 0 Å². The number of carbonyl (C=O) groups is 2.